The molecule has 0 aliphatic carbocycles. The molecule has 0 aromatic heterocycles. The van der Waals surface area contributed by atoms with Crippen molar-refractivity contribution in [2.75, 3.05) is 6.61 Å². The van der Waals surface area contributed by atoms with Gasteiger partial charge in [-0.2, -0.15) is 0 Å². The van der Waals surface area contributed by atoms with Gasteiger partial charge < -0.3 is 9.84 Å². The zero-order valence-electron chi connectivity index (χ0n) is 8.37. The van der Waals surface area contributed by atoms with Gasteiger partial charge in [0, 0.05) is 12.0 Å². The Morgan fingerprint density at radius 1 is 1.47 bits per heavy atom. The Bertz CT molecular complexity index is 355. The quantitative estimate of drug-likeness (QED) is 0.616. The van der Waals surface area contributed by atoms with E-state index in [2.05, 4.69) is 5.92 Å². The summed E-state index contributed by atoms with van der Waals surface area (Å²) >= 11 is 5.94. The van der Waals surface area contributed by atoms with E-state index in [4.69, 9.17) is 27.9 Å². The van der Waals surface area contributed by atoms with E-state index in [1.807, 2.05) is 0 Å². The Kier molecular flexibility index (Phi) is 5.03. The molecule has 0 amide bonds. The van der Waals surface area contributed by atoms with Gasteiger partial charge in [-0.05, 0) is 12.5 Å². The normalized spacial score (nSPS) is 9.67. The van der Waals surface area contributed by atoms with Gasteiger partial charge in [0.15, 0.2) is 0 Å². The number of para-hydroxylation sites is 1. The van der Waals surface area contributed by atoms with Crippen LogP contribution in [0.15, 0.2) is 18.2 Å². The molecule has 0 fully saturated rings. The van der Waals surface area contributed by atoms with Crippen molar-refractivity contribution in [1.82, 2.24) is 0 Å². The molecule has 15 heavy (non-hydrogen) atoms. The minimum atomic E-state index is -0.0783. The number of hydrogen-bond acceptors (Lipinski definition) is 2. The van der Waals surface area contributed by atoms with E-state index in [0.29, 0.717) is 29.4 Å². The second kappa shape index (κ2) is 6.34. The topological polar surface area (TPSA) is 29.5 Å². The van der Waals surface area contributed by atoms with Crippen LogP contribution in [0.4, 0.5) is 0 Å². The van der Waals surface area contributed by atoms with Gasteiger partial charge >= 0.3 is 0 Å². The zero-order chi connectivity index (χ0) is 11.1. The fourth-order valence-electron chi connectivity index (χ4n) is 1.19. The van der Waals surface area contributed by atoms with E-state index in [0.717, 1.165) is 6.42 Å². The summed E-state index contributed by atoms with van der Waals surface area (Å²) in [6.45, 7) is 0.436. The molecule has 0 atom stereocenters. The highest BCUT2D eigenvalue weighted by Gasteiger charge is 2.06. The highest BCUT2D eigenvalue weighted by molar-refractivity contribution is 6.32. The van der Waals surface area contributed by atoms with Crippen molar-refractivity contribution < 1.29 is 9.84 Å². The summed E-state index contributed by atoms with van der Waals surface area (Å²) in [6.07, 6.45) is 6.59. The highest BCUT2D eigenvalue weighted by atomic mass is 35.5. The molecule has 0 radical (unpaired) electrons. The Morgan fingerprint density at radius 2 is 2.27 bits per heavy atom. The molecular weight excluding hydrogens is 212 g/mol. The van der Waals surface area contributed by atoms with E-state index in [1.165, 1.54) is 0 Å². The van der Waals surface area contributed by atoms with Crippen LogP contribution in [0.2, 0.25) is 5.02 Å². The predicted molar refractivity (Wildman–Crippen MR) is 60.9 cm³/mol. The molecule has 1 rings (SSSR count). The Hall–Kier alpha value is -1.17. The maximum atomic E-state index is 9.07. The predicted octanol–water partition coefficient (Wildman–Crippen LogP) is 2.62. The molecule has 0 heterocycles. The van der Waals surface area contributed by atoms with Gasteiger partial charge in [-0.25, -0.2) is 0 Å². The molecule has 0 unspecified atom stereocenters. The molecular formula is C12H13ClO2. The lowest BCUT2D eigenvalue weighted by atomic mass is 10.2. The fourth-order valence-corrected chi connectivity index (χ4v) is 1.44. The van der Waals surface area contributed by atoms with E-state index >= 15 is 0 Å². The minimum Gasteiger partial charge on any atom is -0.492 e. The first-order valence-corrected chi connectivity index (χ1v) is 5.12. The maximum Gasteiger partial charge on any atom is 0.143 e. The van der Waals surface area contributed by atoms with Crippen LogP contribution in [0.25, 0.3) is 0 Å². The number of hydrogen-bond donors (Lipinski definition) is 1. The molecule has 2 nitrogen and oxygen atoms in total. The number of rotatable bonds is 5. The van der Waals surface area contributed by atoms with E-state index in [1.54, 1.807) is 18.2 Å². The van der Waals surface area contributed by atoms with Gasteiger partial charge in [0.2, 0.25) is 0 Å². The number of ether oxygens (including phenoxy) is 1. The minimum absolute atomic E-state index is 0.0783. The number of unbranched alkanes of at least 4 members (excludes halogenated alkanes) is 1. The van der Waals surface area contributed by atoms with Crippen LogP contribution in [-0.4, -0.2) is 11.7 Å². The molecule has 1 N–H and O–H groups in total. The molecule has 0 saturated carbocycles. The number of benzene rings is 1. The van der Waals surface area contributed by atoms with Crippen molar-refractivity contribution in [2.24, 2.45) is 0 Å². The lowest BCUT2D eigenvalue weighted by Crippen LogP contribution is -2.00. The average molecular weight is 225 g/mol. The van der Waals surface area contributed by atoms with Gasteiger partial charge in [0.25, 0.3) is 0 Å². The van der Waals surface area contributed by atoms with Crippen LogP contribution in [0.5, 0.6) is 5.75 Å². The Labute approximate surface area is 94.8 Å². The van der Waals surface area contributed by atoms with Crippen LogP contribution < -0.4 is 4.74 Å². The van der Waals surface area contributed by atoms with Crippen molar-refractivity contribution in [3.05, 3.63) is 28.8 Å². The summed E-state index contributed by atoms with van der Waals surface area (Å²) in [6, 6.07) is 5.29. The molecule has 0 spiro atoms. The Morgan fingerprint density at radius 3 is 2.93 bits per heavy atom. The summed E-state index contributed by atoms with van der Waals surface area (Å²) in [4.78, 5) is 0. The molecule has 1 aromatic carbocycles. The van der Waals surface area contributed by atoms with E-state index in [-0.39, 0.29) is 6.61 Å². The van der Waals surface area contributed by atoms with Gasteiger partial charge in [0.1, 0.15) is 5.75 Å². The van der Waals surface area contributed by atoms with Gasteiger partial charge in [-0.15, -0.1) is 12.3 Å². The third-order valence-electron chi connectivity index (χ3n) is 1.93. The second-order valence-corrected chi connectivity index (χ2v) is 3.45. The Balaban J connectivity index is 2.63. The lowest BCUT2D eigenvalue weighted by Gasteiger charge is -2.10. The first-order valence-electron chi connectivity index (χ1n) is 4.74. The number of aliphatic hydroxyl groups excluding tert-OH is 1. The first-order chi connectivity index (χ1) is 7.29. The average Bonchev–Trinajstić information content (AvgIpc) is 2.26. The largest absolute Gasteiger partial charge is 0.492 e. The van der Waals surface area contributed by atoms with Crippen molar-refractivity contribution >= 4 is 11.6 Å². The van der Waals surface area contributed by atoms with E-state index < -0.39 is 0 Å². The van der Waals surface area contributed by atoms with Gasteiger partial charge in [0.05, 0.1) is 18.2 Å². The first kappa shape index (κ1) is 11.9. The smallest absolute Gasteiger partial charge is 0.143 e. The van der Waals surface area contributed by atoms with Crippen LogP contribution in [-0.2, 0) is 6.61 Å². The SMILES string of the molecule is C#CCCCOc1c(Cl)cccc1CO. The number of aliphatic hydroxyl groups is 1. The van der Waals surface area contributed by atoms with Crippen LogP contribution in [0.3, 0.4) is 0 Å². The summed E-state index contributed by atoms with van der Waals surface area (Å²) in [5, 5.41) is 9.59. The second-order valence-electron chi connectivity index (χ2n) is 3.04. The third-order valence-corrected chi connectivity index (χ3v) is 2.23. The van der Waals surface area contributed by atoms with Gasteiger partial charge in [-0.3, -0.25) is 0 Å². The molecule has 0 bridgehead atoms. The van der Waals surface area contributed by atoms with Gasteiger partial charge in [-0.1, -0.05) is 23.7 Å². The van der Waals surface area contributed by atoms with Crippen molar-refractivity contribution in [3.8, 4) is 18.1 Å². The fraction of sp³-hybridized carbons (Fsp3) is 0.333. The summed E-state index contributed by atoms with van der Waals surface area (Å²) in [5.41, 5.74) is 0.697. The zero-order valence-corrected chi connectivity index (χ0v) is 9.13. The molecule has 1 aromatic rings. The van der Waals surface area contributed by atoms with Crippen molar-refractivity contribution in [1.29, 1.82) is 0 Å². The molecule has 0 aliphatic rings. The molecule has 0 aliphatic heterocycles. The lowest BCUT2D eigenvalue weighted by molar-refractivity contribution is 0.262. The van der Waals surface area contributed by atoms with E-state index in [9.17, 15) is 0 Å². The maximum absolute atomic E-state index is 9.07. The summed E-state index contributed by atoms with van der Waals surface area (Å²) < 4.78 is 5.47. The van der Waals surface area contributed by atoms with Crippen LogP contribution in [0, 0.1) is 12.3 Å². The molecule has 80 valence electrons. The summed E-state index contributed by atoms with van der Waals surface area (Å²) in [7, 11) is 0. The number of halogens is 1. The number of terminal acetylenes is 1. The van der Waals surface area contributed by atoms with Crippen LogP contribution >= 0.6 is 11.6 Å². The standard InChI is InChI=1S/C12H13ClO2/c1-2-3-4-8-15-12-10(9-14)6-5-7-11(12)13/h1,5-7,14H,3-4,8-9H2. The van der Waals surface area contributed by atoms with Crippen LogP contribution in [0.1, 0.15) is 18.4 Å². The van der Waals surface area contributed by atoms with Crippen molar-refractivity contribution in [2.45, 2.75) is 19.4 Å². The monoisotopic (exact) mass is 224 g/mol. The third kappa shape index (κ3) is 3.47. The summed E-state index contributed by atoms with van der Waals surface area (Å²) in [5.74, 6) is 3.09. The highest BCUT2D eigenvalue weighted by Crippen LogP contribution is 2.28. The van der Waals surface area contributed by atoms with Crippen molar-refractivity contribution in [3.63, 3.8) is 0 Å². The molecule has 3 heteroatoms. The molecule has 0 saturated heterocycles.